The second-order valence-electron chi connectivity index (χ2n) is 4.59. The SMILES string of the molecule is CCC(Cc1nc2ccccc2n1CC)C(=O)OC. The highest BCUT2D eigenvalue weighted by molar-refractivity contribution is 5.76. The number of carbonyl (C=O) groups excluding carboxylic acids is 1. The number of para-hydroxylation sites is 2. The summed E-state index contributed by atoms with van der Waals surface area (Å²) in [7, 11) is 1.44. The molecule has 4 heteroatoms. The van der Waals surface area contributed by atoms with Crippen molar-refractivity contribution in [2.24, 2.45) is 5.92 Å². The summed E-state index contributed by atoms with van der Waals surface area (Å²) >= 11 is 0. The second kappa shape index (κ2) is 5.87. The Hall–Kier alpha value is -1.84. The quantitative estimate of drug-likeness (QED) is 0.776. The molecule has 0 fully saturated rings. The number of hydrogen-bond acceptors (Lipinski definition) is 3. The van der Waals surface area contributed by atoms with Crippen LogP contribution in [0.3, 0.4) is 0 Å². The summed E-state index contributed by atoms with van der Waals surface area (Å²) in [6.07, 6.45) is 1.39. The van der Waals surface area contributed by atoms with Crippen LogP contribution in [0.15, 0.2) is 24.3 Å². The number of hydrogen-bond donors (Lipinski definition) is 0. The lowest BCUT2D eigenvalue weighted by atomic mass is 10.0. The third-order valence-corrected chi connectivity index (χ3v) is 3.51. The van der Waals surface area contributed by atoms with Gasteiger partial charge >= 0.3 is 5.97 Å². The van der Waals surface area contributed by atoms with Gasteiger partial charge in [-0.05, 0) is 25.5 Å². The molecule has 0 aliphatic rings. The number of aryl methyl sites for hydroxylation is 1. The van der Waals surface area contributed by atoms with Crippen molar-refractivity contribution in [3.05, 3.63) is 30.1 Å². The van der Waals surface area contributed by atoms with Gasteiger partial charge in [0, 0.05) is 13.0 Å². The monoisotopic (exact) mass is 260 g/mol. The normalized spacial score (nSPS) is 12.6. The number of nitrogens with zero attached hydrogens (tertiary/aromatic N) is 2. The molecule has 0 N–H and O–H groups in total. The summed E-state index contributed by atoms with van der Waals surface area (Å²) in [5.41, 5.74) is 2.11. The second-order valence-corrected chi connectivity index (χ2v) is 4.59. The third kappa shape index (κ3) is 2.62. The van der Waals surface area contributed by atoms with Crippen LogP contribution in [0.1, 0.15) is 26.1 Å². The van der Waals surface area contributed by atoms with Crippen molar-refractivity contribution in [1.29, 1.82) is 0 Å². The molecular formula is C15H20N2O2. The molecule has 1 aromatic heterocycles. The van der Waals surface area contributed by atoms with Gasteiger partial charge in [-0.2, -0.15) is 0 Å². The number of fused-ring (bicyclic) bond motifs is 1. The fraction of sp³-hybridized carbons (Fsp3) is 0.467. The lowest BCUT2D eigenvalue weighted by molar-refractivity contribution is -0.145. The maximum absolute atomic E-state index is 11.7. The molecule has 0 saturated carbocycles. The molecule has 4 nitrogen and oxygen atoms in total. The van der Waals surface area contributed by atoms with E-state index in [1.807, 2.05) is 25.1 Å². The lowest BCUT2D eigenvalue weighted by Crippen LogP contribution is -2.20. The van der Waals surface area contributed by atoms with Crippen LogP contribution in [0, 0.1) is 5.92 Å². The molecule has 0 aliphatic carbocycles. The van der Waals surface area contributed by atoms with Crippen LogP contribution < -0.4 is 0 Å². The molecule has 0 saturated heterocycles. The molecular weight excluding hydrogens is 240 g/mol. The number of benzene rings is 1. The number of ether oxygens (including phenoxy) is 1. The highest BCUT2D eigenvalue weighted by atomic mass is 16.5. The Morgan fingerprint density at radius 2 is 2.11 bits per heavy atom. The van der Waals surface area contributed by atoms with Gasteiger partial charge in [0.1, 0.15) is 5.82 Å². The maximum Gasteiger partial charge on any atom is 0.309 e. The molecule has 0 radical (unpaired) electrons. The standard InChI is InChI=1S/C15H20N2O2/c1-4-11(15(18)19-3)10-14-16-12-8-6-7-9-13(12)17(14)5-2/h6-9,11H,4-5,10H2,1-3H3. The van der Waals surface area contributed by atoms with E-state index in [-0.39, 0.29) is 11.9 Å². The van der Waals surface area contributed by atoms with E-state index < -0.39 is 0 Å². The average molecular weight is 260 g/mol. The number of imidazole rings is 1. The zero-order valence-corrected chi connectivity index (χ0v) is 11.7. The predicted molar refractivity (Wildman–Crippen MR) is 74.9 cm³/mol. The molecule has 1 unspecified atom stereocenters. The summed E-state index contributed by atoms with van der Waals surface area (Å²) in [6, 6.07) is 8.06. The van der Waals surface area contributed by atoms with Crippen LogP contribution in [-0.2, 0) is 22.5 Å². The summed E-state index contributed by atoms with van der Waals surface area (Å²) in [4.78, 5) is 16.3. The fourth-order valence-corrected chi connectivity index (χ4v) is 2.42. The molecule has 19 heavy (non-hydrogen) atoms. The van der Waals surface area contributed by atoms with Crippen molar-refractivity contribution in [2.75, 3.05) is 7.11 Å². The van der Waals surface area contributed by atoms with Crippen LogP contribution in [0.4, 0.5) is 0 Å². The van der Waals surface area contributed by atoms with E-state index in [0.29, 0.717) is 6.42 Å². The van der Waals surface area contributed by atoms with Gasteiger partial charge in [0.15, 0.2) is 0 Å². The third-order valence-electron chi connectivity index (χ3n) is 3.51. The Kier molecular flexibility index (Phi) is 4.20. The van der Waals surface area contributed by atoms with E-state index in [1.54, 1.807) is 0 Å². The van der Waals surface area contributed by atoms with Gasteiger partial charge in [-0.3, -0.25) is 4.79 Å². The van der Waals surface area contributed by atoms with Crippen molar-refractivity contribution in [2.45, 2.75) is 33.2 Å². The number of methoxy groups -OCH3 is 1. The van der Waals surface area contributed by atoms with Gasteiger partial charge in [-0.25, -0.2) is 4.98 Å². The molecule has 1 heterocycles. The molecule has 1 atom stereocenters. The molecule has 2 aromatic rings. The van der Waals surface area contributed by atoms with Crippen LogP contribution in [-0.4, -0.2) is 22.6 Å². The van der Waals surface area contributed by atoms with E-state index in [0.717, 1.165) is 29.8 Å². The van der Waals surface area contributed by atoms with E-state index >= 15 is 0 Å². The van der Waals surface area contributed by atoms with Crippen LogP contribution in [0.2, 0.25) is 0 Å². The average Bonchev–Trinajstić information content (AvgIpc) is 2.80. The fourth-order valence-electron chi connectivity index (χ4n) is 2.42. The summed E-state index contributed by atoms with van der Waals surface area (Å²) in [5.74, 6) is 0.685. The summed E-state index contributed by atoms with van der Waals surface area (Å²) in [6.45, 7) is 4.95. The molecule has 2 rings (SSSR count). The number of esters is 1. The van der Waals surface area contributed by atoms with Crippen molar-refractivity contribution in [1.82, 2.24) is 9.55 Å². The van der Waals surface area contributed by atoms with Crippen molar-refractivity contribution < 1.29 is 9.53 Å². The molecule has 1 aromatic carbocycles. The molecule has 0 spiro atoms. The van der Waals surface area contributed by atoms with Gasteiger partial charge in [-0.1, -0.05) is 19.1 Å². The van der Waals surface area contributed by atoms with Gasteiger partial charge in [0.25, 0.3) is 0 Å². The van der Waals surface area contributed by atoms with Crippen LogP contribution in [0.25, 0.3) is 11.0 Å². The number of carbonyl (C=O) groups is 1. The van der Waals surface area contributed by atoms with E-state index in [4.69, 9.17) is 4.74 Å². The Labute approximate surface area is 113 Å². The minimum Gasteiger partial charge on any atom is -0.469 e. The predicted octanol–water partition coefficient (Wildman–Crippen LogP) is 2.80. The van der Waals surface area contributed by atoms with Crippen molar-refractivity contribution in [3.8, 4) is 0 Å². The zero-order chi connectivity index (χ0) is 13.8. The van der Waals surface area contributed by atoms with Gasteiger partial charge in [0.05, 0.1) is 24.1 Å². The molecule has 102 valence electrons. The largest absolute Gasteiger partial charge is 0.469 e. The molecule has 0 bridgehead atoms. The highest BCUT2D eigenvalue weighted by Gasteiger charge is 2.21. The first-order valence-electron chi connectivity index (χ1n) is 6.73. The van der Waals surface area contributed by atoms with Crippen molar-refractivity contribution >= 4 is 17.0 Å². The van der Waals surface area contributed by atoms with E-state index in [2.05, 4.69) is 22.5 Å². The van der Waals surface area contributed by atoms with Crippen molar-refractivity contribution in [3.63, 3.8) is 0 Å². The Bertz CT molecular complexity index is 575. The van der Waals surface area contributed by atoms with Crippen LogP contribution >= 0.6 is 0 Å². The van der Waals surface area contributed by atoms with Gasteiger partial charge < -0.3 is 9.30 Å². The Morgan fingerprint density at radius 1 is 1.37 bits per heavy atom. The first-order chi connectivity index (χ1) is 9.21. The number of rotatable bonds is 5. The zero-order valence-electron chi connectivity index (χ0n) is 11.7. The Morgan fingerprint density at radius 3 is 2.74 bits per heavy atom. The lowest BCUT2D eigenvalue weighted by Gasteiger charge is -2.13. The Balaban J connectivity index is 2.36. The van der Waals surface area contributed by atoms with Gasteiger partial charge in [-0.15, -0.1) is 0 Å². The van der Waals surface area contributed by atoms with Gasteiger partial charge in [0.2, 0.25) is 0 Å². The topological polar surface area (TPSA) is 44.1 Å². The van der Waals surface area contributed by atoms with E-state index in [9.17, 15) is 4.79 Å². The molecule has 0 amide bonds. The molecule has 0 aliphatic heterocycles. The smallest absolute Gasteiger partial charge is 0.309 e. The highest BCUT2D eigenvalue weighted by Crippen LogP contribution is 2.20. The first kappa shape index (κ1) is 13.6. The summed E-state index contributed by atoms with van der Waals surface area (Å²) < 4.78 is 7.01. The van der Waals surface area contributed by atoms with Crippen LogP contribution in [0.5, 0.6) is 0 Å². The van der Waals surface area contributed by atoms with E-state index in [1.165, 1.54) is 7.11 Å². The minimum absolute atomic E-state index is 0.118. The summed E-state index contributed by atoms with van der Waals surface area (Å²) in [5, 5.41) is 0. The maximum atomic E-state index is 11.7. The number of aromatic nitrogens is 2. The first-order valence-corrected chi connectivity index (χ1v) is 6.73. The minimum atomic E-state index is -0.155.